The lowest BCUT2D eigenvalue weighted by molar-refractivity contribution is -0.150. The second-order valence-corrected chi connectivity index (χ2v) is 6.74. The number of rotatable bonds is 8. The highest BCUT2D eigenvalue weighted by Crippen LogP contribution is 2.21. The van der Waals surface area contributed by atoms with Gasteiger partial charge in [0.15, 0.2) is 11.9 Å². The summed E-state index contributed by atoms with van der Waals surface area (Å²) in [6, 6.07) is 14.0. The zero-order chi connectivity index (χ0) is 19.8. The van der Waals surface area contributed by atoms with Gasteiger partial charge in [-0.25, -0.2) is 0 Å². The van der Waals surface area contributed by atoms with Crippen molar-refractivity contribution in [3.05, 3.63) is 54.1 Å². The van der Waals surface area contributed by atoms with Crippen LogP contribution in [0.25, 0.3) is 0 Å². The maximum absolute atomic E-state index is 12.2. The molecule has 1 N–H and O–H groups in total. The minimum atomic E-state index is -0.978. The van der Waals surface area contributed by atoms with E-state index in [1.165, 1.54) is 25.6 Å². The first-order valence-corrected chi connectivity index (χ1v) is 9.26. The van der Waals surface area contributed by atoms with Crippen molar-refractivity contribution in [1.82, 2.24) is 0 Å². The number of amides is 1. The Balaban J connectivity index is 1.86. The molecule has 0 saturated carbocycles. The monoisotopic (exact) mass is 387 g/mol. The SMILES string of the molecule is COc1ccc(SCC(=O)O[C@H](C)C(=O)Nc2ccccc2C(C)=O)cc1. The Hall–Kier alpha value is -2.80. The molecule has 0 aliphatic rings. The third-order valence-corrected chi connectivity index (χ3v) is 4.64. The van der Waals surface area contributed by atoms with Crippen LogP contribution in [0.5, 0.6) is 5.75 Å². The Morgan fingerprint density at radius 2 is 1.74 bits per heavy atom. The van der Waals surface area contributed by atoms with Crippen molar-refractivity contribution in [2.24, 2.45) is 0 Å². The molecule has 2 rings (SSSR count). The van der Waals surface area contributed by atoms with Gasteiger partial charge in [-0.05, 0) is 50.2 Å². The Morgan fingerprint density at radius 3 is 2.37 bits per heavy atom. The van der Waals surface area contributed by atoms with Gasteiger partial charge in [0.1, 0.15) is 5.75 Å². The normalized spacial score (nSPS) is 11.4. The Morgan fingerprint density at radius 1 is 1.07 bits per heavy atom. The standard InChI is InChI=1S/C20H21NO5S/c1-13(22)17-6-4-5-7-18(17)21-20(24)14(2)26-19(23)12-27-16-10-8-15(25-3)9-11-16/h4-11,14H,12H2,1-3H3,(H,21,24)/t14-/m1/s1. The molecule has 142 valence electrons. The highest BCUT2D eigenvalue weighted by molar-refractivity contribution is 8.00. The maximum Gasteiger partial charge on any atom is 0.317 e. The molecule has 0 radical (unpaired) electrons. The first kappa shape index (κ1) is 20.5. The fraction of sp³-hybridized carbons (Fsp3) is 0.250. The number of anilines is 1. The molecule has 0 heterocycles. The molecule has 0 aliphatic carbocycles. The molecular weight excluding hydrogens is 366 g/mol. The first-order valence-electron chi connectivity index (χ1n) is 8.28. The van der Waals surface area contributed by atoms with Crippen molar-refractivity contribution in [2.75, 3.05) is 18.2 Å². The number of thioether (sulfide) groups is 1. The summed E-state index contributed by atoms with van der Waals surface area (Å²) in [4.78, 5) is 36.7. The number of carbonyl (C=O) groups is 3. The van der Waals surface area contributed by atoms with Gasteiger partial charge < -0.3 is 14.8 Å². The summed E-state index contributed by atoms with van der Waals surface area (Å²) >= 11 is 1.31. The fourth-order valence-corrected chi connectivity index (χ4v) is 2.91. The average Bonchev–Trinajstić information content (AvgIpc) is 2.67. The van der Waals surface area contributed by atoms with Gasteiger partial charge in [0.2, 0.25) is 0 Å². The quantitative estimate of drug-likeness (QED) is 0.424. The van der Waals surface area contributed by atoms with E-state index >= 15 is 0 Å². The van der Waals surface area contributed by atoms with Gasteiger partial charge >= 0.3 is 5.97 Å². The second kappa shape index (κ2) is 9.78. The summed E-state index contributed by atoms with van der Waals surface area (Å²) in [5.74, 6) is -0.345. The lowest BCUT2D eigenvalue weighted by atomic mass is 10.1. The van der Waals surface area contributed by atoms with Crippen LogP contribution in [-0.4, -0.2) is 36.6 Å². The molecule has 0 aliphatic heterocycles. The molecular formula is C20H21NO5S. The van der Waals surface area contributed by atoms with Crippen LogP contribution in [0.1, 0.15) is 24.2 Å². The number of ether oxygens (including phenoxy) is 2. The predicted molar refractivity (Wildman–Crippen MR) is 104 cm³/mol. The van der Waals surface area contributed by atoms with Crippen LogP contribution in [-0.2, 0) is 14.3 Å². The van der Waals surface area contributed by atoms with E-state index in [0.29, 0.717) is 11.3 Å². The summed E-state index contributed by atoms with van der Waals surface area (Å²) < 4.78 is 10.2. The number of para-hydroxylation sites is 1. The highest BCUT2D eigenvalue weighted by Gasteiger charge is 2.19. The van der Waals surface area contributed by atoms with Gasteiger partial charge in [-0.2, -0.15) is 0 Å². The van der Waals surface area contributed by atoms with Crippen molar-refractivity contribution in [1.29, 1.82) is 0 Å². The van der Waals surface area contributed by atoms with Gasteiger partial charge in [-0.3, -0.25) is 14.4 Å². The zero-order valence-electron chi connectivity index (χ0n) is 15.4. The van der Waals surface area contributed by atoms with Crippen molar-refractivity contribution in [2.45, 2.75) is 24.8 Å². The number of hydrogen-bond acceptors (Lipinski definition) is 6. The second-order valence-electron chi connectivity index (χ2n) is 5.69. The summed E-state index contributed by atoms with van der Waals surface area (Å²) in [5, 5.41) is 2.63. The van der Waals surface area contributed by atoms with Crippen molar-refractivity contribution >= 4 is 35.1 Å². The Labute approximate surface area is 162 Å². The van der Waals surface area contributed by atoms with Gasteiger partial charge in [0.25, 0.3) is 5.91 Å². The topological polar surface area (TPSA) is 81.7 Å². The third-order valence-electron chi connectivity index (χ3n) is 3.66. The van der Waals surface area contributed by atoms with Crippen LogP contribution < -0.4 is 10.1 Å². The molecule has 2 aromatic carbocycles. The summed E-state index contributed by atoms with van der Waals surface area (Å²) in [6.45, 7) is 2.91. The molecule has 2 aromatic rings. The summed E-state index contributed by atoms with van der Waals surface area (Å²) in [5.41, 5.74) is 0.796. The van der Waals surface area contributed by atoms with E-state index in [2.05, 4.69) is 5.32 Å². The number of esters is 1. The minimum Gasteiger partial charge on any atom is -0.497 e. The number of hydrogen-bond donors (Lipinski definition) is 1. The molecule has 0 fully saturated rings. The molecule has 0 saturated heterocycles. The zero-order valence-corrected chi connectivity index (χ0v) is 16.2. The van der Waals surface area contributed by atoms with E-state index in [4.69, 9.17) is 9.47 Å². The number of carbonyl (C=O) groups excluding carboxylic acids is 3. The van der Waals surface area contributed by atoms with E-state index in [1.807, 2.05) is 12.1 Å². The number of methoxy groups -OCH3 is 1. The molecule has 27 heavy (non-hydrogen) atoms. The molecule has 7 heteroatoms. The smallest absolute Gasteiger partial charge is 0.317 e. The molecule has 0 unspecified atom stereocenters. The lowest BCUT2D eigenvalue weighted by Gasteiger charge is -2.15. The largest absolute Gasteiger partial charge is 0.497 e. The minimum absolute atomic E-state index is 0.0774. The van der Waals surface area contributed by atoms with Crippen molar-refractivity contribution < 1.29 is 23.9 Å². The van der Waals surface area contributed by atoms with Crippen LogP contribution in [0, 0.1) is 0 Å². The highest BCUT2D eigenvalue weighted by atomic mass is 32.2. The van der Waals surface area contributed by atoms with Crippen LogP contribution in [0.3, 0.4) is 0 Å². The van der Waals surface area contributed by atoms with Crippen molar-refractivity contribution in [3.8, 4) is 5.75 Å². The van der Waals surface area contributed by atoms with Crippen molar-refractivity contribution in [3.63, 3.8) is 0 Å². The predicted octanol–water partition coefficient (Wildman–Crippen LogP) is 3.56. The number of ketones is 1. The van der Waals surface area contributed by atoms with Gasteiger partial charge in [-0.1, -0.05) is 12.1 Å². The molecule has 1 atom stereocenters. The van der Waals surface area contributed by atoms with Crippen LogP contribution in [0.15, 0.2) is 53.4 Å². The first-order chi connectivity index (χ1) is 12.9. The Bertz CT molecular complexity index is 819. The van der Waals surface area contributed by atoms with Gasteiger partial charge in [-0.15, -0.1) is 11.8 Å². The maximum atomic E-state index is 12.2. The van der Waals surface area contributed by atoms with Crippen LogP contribution in [0.2, 0.25) is 0 Å². The summed E-state index contributed by atoms with van der Waals surface area (Å²) in [7, 11) is 1.58. The Kier molecular flexibility index (Phi) is 7.43. The molecule has 0 spiro atoms. The fourth-order valence-electron chi connectivity index (χ4n) is 2.23. The van der Waals surface area contributed by atoms with Gasteiger partial charge in [0.05, 0.1) is 18.6 Å². The number of nitrogens with one attached hydrogen (secondary N) is 1. The number of benzene rings is 2. The van der Waals surface area contributed by atoms with E-state index in [9.17, 15) is 14.4 Å². The molecule has 0 aromatic heterocycles. The number of Topliss-reactive ketones (excluding diaryl/α,β-unsaturated/α-hetero) is 1. The molecule has 0 bridgehead atoms. The van der Waals surface area contributed by atoms with Gasteiger partial charge in [0, 0.05) is 10.5 Å². The molecule has 6 nitrogen and oxygen atoms in total. The molecule has 1 amide bonds. The van der Waals surface area contributed by atoms with E-state index in [0.717, 1.165) is 10.6 Å². The lowest BCUT2D eigenvalue weighted by Crippen LogP contribution is -2.31. The van der Waals surface area contributed by atoms with E-state index < -0.39 is 18.0 Å². The van der Waals surface area contributed by atoms with Crippen LogP contribution >= 0.6 is 11.8 Å². The van der Waals surface area contributed by atoms with E-state index in [-0.39, 0.29) is 11.5 Å². The third kappa shape index (κ3) is 6.14. The summed E-state index contributed by atoms with van der Waals surface area (Å²) in [6.07, 6.45) is -0.978. The van der Waals surface area contributed by atoms with Crippen LogP contribution in [0.4, 0.5) is 5.69 Å². The average molecular weight is 387 g/mol. The van der Waals surface area contributed by atoms with E-state index in [1.54, 1.807) is 43.5 Å².